The number of aryl methyl sites for hydroxylation is 1. The zero-order chi connectivity index (χ0) is 17.0. The van der Waals surface area contributed by atoms with Gasteiger partial charge in [-0.15, -0.1) is 0 Å². The van der Waals surface area contributed by atoms with Gasteiger partial charge in [0.25, 0.3) is 0 Å². The molecule has 1 unspecified atom stereocenters. The number of hydrogen-bond donors (Lipinski definition) is 2. The van der Waals surface area contributed by atoms with Gasteiger partial charge >= 0.3 is 5.97 Å². The number of nitrogens with zero attached hydrogens (tertiary/aromatic N) is 1. The Morgan fingerprint density at radius 3 is 2.91 bits per heavy atom. The Kier molecular flexibility index (Phi) is 5.72. The second-order valence-electron chi connectivity index (χ2n) is 5.83. The maximum Gasteiger partial charge on any atom is 0.317 e. The minimum Gasteiger partial charge on any atom is -0.480 e. The summed E-state index contributed by atoms with van der Waals surface area (Å²) in [6, 6.07) is 4.04. The Labute approximate surface area is 135 Å². The molecule has 1 aromatic rings. The van der Waals surface area contributed by atoms with Crippen LogP contribution in [0.1, 0.15) is 18.4 Å². The maximum atomic E-state index is 13.9. The zero-order valence-electron chi connectivity index (χ0n) is 13.0. The third-order valence-electron chi connectivity index (χ3n) is 3.90. The Bertz CT molecular complexity index is 678. The normalized spacial score (nSPS) is 19.7. The molecule has 1 fully saturated rings. The number of carboxylic acid groups (broad SMARTS) is 1. The fourth-order valence-corrected chi connectivity index (χ4v) is 4.45. The summed E-state index contributed by atoms with van der Waals surface area (Å²) in [6.07, 6.45) is 1.49. The fourth-order valence-electron chi connectivity index (χ4n) is 2.74. The number of carbonyl (C=O) groups is 1. The molecule has 2 N–H and O–H groups in total. The van der Waals surface area contributed by atoms with Crippen LogP contribution in [0.5, 0.6) is 0 Å². The molecular weight excluding hydrogens is 323 g/mol. The molecule has 23 heavy (non-hydrogen) atoms. The van der Waals surface area contributed by atoms with Gasteiger partial charge < -0.3 is 10.4 Å². The minimum atomic E-state index is -3.88. The molecule has 1 atom stereocenters. The number of aliphatic carboxylic acids is 1. The molecule has 8 heteroatoms. The molecule has 0 aliphatic carbocycles. The zero-order valence-corrected chi connectivity index (χ0v) is 13.8. The van der Waals surface area contributed by atoms with Crippen molar-refractivity contribution < 1.29 is 22.7 Å². The average molecular weight is 344 g/mol. The van der Waals surface area contributed by atoms with Gasteiger partial charge in [-0.05, 0) is 49.9 Å². The van der Waals surface area contributed by atoms with E-state index in [2.05, 4.69) is 5.32 Å². The van der Waals surface area contributed by atoms with Crippen LogP contribution in [0.4, 0.5) is 4.39 Å². The van der Waals surface area contributed by atoms with Crippen LogP contribution in [0.15, 0.2) is 23.1 Å². The summed E-state index contributed by atoms with van der Waals surface area (Å²) in [4.78, 5) is 10.2. The monoisotopic (exact) mass is 344 g/mol. The molecule has 0 radical (unpaired) electrons. The van der Waals surface area contributed by atoms with E-state index in [9.17, 15) is 17.6 Å². The molecule has 0 spiro atoms. The highest BCUT2D eigenvalue weighted by atomic mass is 32.2. The summed E-state index contributed by atoms with van der Waals surface area (Å²) in [7, 11) is -3.88. The van der Waals surface area contributed by atoms with Crippen LogP contribution in [-0.2, 0) is 14.8 Å². The molecule has 2 rings (SSSR count). The van der Waals surface area contributed by atoms with Gasteiger partial charge in [0, 0.05) is 13.1 Å². The number of halogens is 1. The number of piperidine rings is 1. The number of carboxylic acids is 1. The number of hydrogen-bond acceptors (Lipinski definition) is 4. The van der Waals surface area contributed by atoms with Crippen LogP contribution >= 0.6 is 0 Å². The molecule has 1 saturated heterocycles. The van der Waals surface area contributed by atoms with Crippen molar-refractivity contribution in [2.75, 3.05) is 26.2 Å². The Morgan fingerprint density at radius 2 is 2.22 bits per heavy atom. The van der Waals surface area contributed by atoms with Crippen LogP contribution in [-0.4, -0.2) is 50.0 Å². The molecular formula is C15H21FN2O4S. The van der Waals surface area contributed by atoms with Gasteiger partial charge in [-0.2, -0.15) is 4.31 Å². The first-order chi connectivity index (χ1) is 10.8. The standard InChI is InChI=1S/C15H21FN2O4S/c1-11-4-5-13(16)14(7-11)23(21,22)18-6-2-3-12(10-18)8-17-9-15(19)20/h4-5,7,12,17H,2-3,6,8-10H2,1H3,(H,19,20). The van der Waals surface area contributed by atoms with Crippen molar-refractivity contribution in [1.29, 1.82) is 0 Å². The lowest BCUT2D eigenvalue weighted by atomic mass is 10.00. The molecule has 1 aromatic carbocycles. The predicted molar refractivity (Wildman–Crippen MR) is 83.1 cm³/mol. The van der Waals surface area contributed by atoms with Crippen molar-refractivity contribution in [3.8, 4) is 0 Å². The number of rotatable bonds is 6. The van der Waals surface area contributed by atoms with Gasteiger partial charge in [0.05, 0.1) is 6.54 Å². The minimum absolute atomic E-state index is 0.0192. The van der Waals surface area contributed by atoms with Gasteiger partial charge in [-0.25, -0.2) is 12.8 Å². The van der Waals surface area contributed by atoms with E-state index >= 15 is 0 Å². The topological polar surface area (TPSA) is 86.7 Å². The summed E-state index contributed by atoms with van der Waals surface area (Å²) < 4.78 is 40.5. The summed E-state index contributed by atoms with van der Waals surface area (Å²) in [5.74, 6) is -1.68. The van der Waals surface area contributed by atoms with Gasteiger partial charge in [0.1, 0.15) is 10.7 Å². The SMILES string of the molecule is Cc1ccc(F)c(S(=O)(=O)N2CCCC(CNCC(=O)O)C2)c1. The predicted octanol–water partition coefficient (Wildman–Crippen LogP) is 1.21. The third kappa shape index (κ3) is 4.49. The smallest absolute Gasteiger partial charge is 0.317 e. The van der Waals surface area contributed by atoms with E-state index in [4.69, 9.17) is 5.11 Å². The molecule has 1 aliphatic rings. The van der Waals surface area contributed by atoms with E-state index in [0.29, 0.717) is 25.1 Å². The first-order valence-corrected chi connectivity index (χ1v) is 8.93. The Morgan fingerprint density at radius 1 is 1.48 bits per heavy atom. The molecule has 1 heterocycles. The van der Waals surface area contributed by atoms with Crippen molar-refractivity contribution in [2.24, 2.45) is 5.92 Å². The molecule has 0 saturated carbocycles. The molecule has 0 aromatic heterocycles. The maximum absolute atomic E-state index is 13.9. The lowest BCUT2D eigenvalue weighted by Gasteiger charge is -2.32. The summed E-state index contributed by atoms with van der Waals surface area (Å²) in [6.45, 7) is 2.60. The Hall–Kier alpha value is -1.51. The Balaban J connectivity index is 2.10. The van der Waals surface area contributed by atoms with Gasteiger partial charge in [0.15, 0.2) is 0 Å². The molecule has 0 bridgehead atoms. The van der Waals surface area contributed by atoms with Gasteiger partial charge in [0.2, 0.25) is 10.0 Å². The molecule has 1 aliphatic heterocycles. The van der Waals surface area contributed by atoms with Crippen molar-refractivity contribution in [2.45, 2.75) is 24.7 Å². The summed E-state index contributed by atoms with van der Waals surface area (Å²) >= 11 is 0. The lowest BCUT2D eigenvalue weighted by molar-refractivity contribution is -0.136. The third-order valence-corrected chi connectivity index (χ3v) is 5.78. The van der Waals surface area contributed by atoms with E-state index in [-0.39, 0.29) is 23.9 Å². The largest absolute Gasteiger partial charge is 0.480 e. The van der Waals surface area contributed by atoms with Crippen molar-refractivity contribution >= 4 is 16.0 Å². The molecule has 0 amide bonds. The lowest BCUT2D eigenvalue weighted by Crippen LogP contribution is -2.43. The van der Waals surface area contributed by atoms with Crippen LogP contribution in [0.2, 0.25) is 0 Å². The number of nitrogens with one attached hydrogen (secondary N) is 1. The second-order valence-corrected chi connectivity index (χ2v) is 7.74. The highest BCUT2D eigenvalue weighted by Gasteiger charge is 2.32. The van der Waals surface area contributed by atoms with Crippen LogP contribution in [0, 0.1) is 18.7 Å². The van der Waals surface area contributed by atoms with Crippen molar-refractivity contribution in [3.05, 3.63) is 29.6 Å². The van der Waals surface area contributed by atoms with Crippen LogP contribution < -0.4 is 5.32 Å². The van der Waals surface area contributed by atoms with E-state index < -0.39 is 21.8 Å². The van der Waals surface area contributed by atoms with E-state index in [0.717, 1.165) is 12.5 Å². The van der Waals surface area contributed by atoms with E-state index in [1.165, 1.54) is 16.4 Å². The summed E-state index contributed by atoms with van der Waals surface area (Å²) in [5, 5.41) is 11.4. The van der Waals surface area contributed by atoms with Crippen LogP contribution in [0.3, 0.4) is 0 Å². The van der Waals surface area contributed by atoms with Gasteiger partial charge in [-0.3, -0.25) is 4.79 Å². The highest BCUT2D eigenvalue weighted by Crippen LogP contribution is 2.25. The highest BCUT2D eigenvalue weighted by molar-refractivity contribution is 7.89. The van der Waals surface area contributed by atoms with Crippen molar-refractivity contribution in [1.82, 2.24) is 9.62 Å². The van der Waals surface area contributed by atoms with E-state index in [1.807, 2.05) is 0 Å². The molecule has 128 valence electrons. The summed E-state index contributed by atoms with van der Waals surface area (Å²) in [5.41, 5.74) is 0.682. The first-order valence-electron chi connectivity index (χ1n) is 7.49. The van der Waals surface area contributed by atoms with E-state index in [1.54, 1.807) is 6.92 Å². The number of benzene rings is 1. The van der Waals surface area contributed by atoms with Crippen LogP contribution in [0.25, 0.3) is 0 Å². The second kappa shape index (κ2) is 7.37. The average Bonchev–Trinajstić information content (AvgIpc) is 2.49. The fraction of sp³-hybridized carbons (Fsp3) is 0.533. The quantitative estimate of drug-likeness (QED) is 0.810. The van der Waals surface area contributed by atoms with Gasteiger partial charge in [-0.1, -0.05) is 6.07 Å². The first kappa shape index (κ1) is 17.8. The van der Waals surface area contributed by atoms with Crippen molar-refractivity contribution in [3.63, 3.8) is 0 Å². The molecule has 6 nitrogen and oxygen atoms in total. The number of sulfonamides is 1.